The summed E-state index contributed by atoms with van der Waals surface area (Å²) in [7, 11) is 0. The van der Waals surface area contributed by atoms with E-state index in [0.717, 1.165) is 29.1 Å². The lowest BCUT2D eigenvalue weighted by Gasteiger charge is -2.18. The van der Waals surface area contributed by atoms with Crippen LogP contribution in [0.1, 0.15) is 11.1 Å². The summed E-state index contributed by atoms with van der Waals surface area (Å²) in [5.41, 5.74) is 2.08. The standard InChI is InChI=1S/C14H11NO2/c16-12-3-1-10-2-4-13(17-14(10)9-12)11-5-7-15-8-6-11/h1,3-9,16H,2H2. The first-order valence-electron chi connectivity index (χ1n) is 5.43. The number of rotatable bonds is 1. The minimum absolute atomic E-state index is 0.222. The van der Waals surface area contributed by atoms with Crippen LogP contribution in [0.3, 0.4) is 0 Å². The topological polar surface area (TPSA) is 42.4 Å². The zero-order valence-corrected chi connectivity index (χ0v) is 9.13. The molecule has 0 atom stereocenters. The van der Waals surface area contributed by atoms with E-state index in [1.54, 1.807) is 24.5 Å². The molecule has 1 N–H and O–H groups in total. The summed E-state index contributed by atoms with van der Waals surface area (Å²) in [6.45, 7) is 0. The molecule has 2 heterocycles. The van der Waals surface area contributed by atoms with Crippen LogP contribution < -0.4 is 4.74 Å². The van der Waals surface area contributed by atoms with E-state index in [2.05, 4.69) is 4.98 Å². The van der Waals surface area contributed by atoms with E-state index in [1.165, 1.54) is 0 Å². The molecule has 0 spiro atoms. The Balaban J connectivity index is 1.96. The minimum atomic E-state index is 0.222. The fourth-order valence-electron chi connectivity index (χ4n) is 1.86. The average Bonchev–Trinajstić information content (AvgIpc) is 2.39. The van der Waals surface area contributed by atoms with Crippen molar-refractivity contribution in [2.45, 2.75) is 6.42 Å². The molecule has 0 saturated heterocycles. The number of phenolic OH excluding ortho intramolecular Hbond substituents is 1. The largest absolute Gasteiger partial charge is 0.508 e. The Hall–Kier alpha value is -2.29. The number of hydrogen-bond acceptors (Lipinski definition) is 3. The molecular formula is C14H11NO2. The molecule has 17 heavy (non-hydrogen) atoms. The molecule has 0 radical (unpaired) electrons. The average molecular weight is 225 g/mol. The van der Waals surface area contributed by atoms with E-state index in [4.69, 9.17) is 4.74 Å². The normalized spacial score (nSPS) is 13.5. The summed E-state index contributed by atoms with van der Waals surface area (Å²) in [5, 5.41) is 9.44. The van der Waals surface area contributed by atoms with Crippen LogP contribution in [0, 0.1) is 0 Å². The predicted molar refractivity (Wildman–Crippen MR) is 64.7 cm³/mol. The van der Waals surface area contributed by atoms with Crippen LogP contribution in [0.5, 0.6) is 11.5 Å². The van der Waals surface area contributed by atoms with E-state index in [9.17, 15) is 5.11 Å². The quantitative estimate of drug-likeness (QED) is 0.811. The molecule has 3 nitrogen and oxygen atoms in total. The third kappa shape index (κ3) is 1.87. The number of benzene rings is 1. The summed E-state index contributed by atoms with van der Waals surface area (Å²) in [6.07, 6.45) is 6.32. The molecule has 1 aliphatic rings. The second kappa shape index (κ2) is 3.94. The number of aromatic nitrogens is 1. The van der Waals surface area contributed by atoms with Crippen LogP contribution in [0.25, 0.3) is 5.76 Å². The molecule has 1 aromatic heterocycles. The Kier molecular flexibility index (Phi) is 2.29. The summed E-state index contributed by atoms with van der Waals surface area (Å²) >= 11 is 0. The van der Waals surface area contributed by atoms with Crippen LogP contribution in [-0.4, -0.2) is 10.1 Å². The number of aromatic hydroxyl groups is 1. The van der Waals surface area contributed by atoms with Gasteiger partial charge in [-0.25, -0.2) is 0 Å². The number of hydrogen-bond donors (Lipinski definition) is 1. The van der Waals surface area contributed by atoms with Gasteiger partial charge >= 0.3 is 0 Å². The van der Waals surface area contributed by atoms with Gasteiger partial charge in [0, 0.05) is 24.0 Å². The molecule has 2 aromatic rings. The number of fused-ring (bicyclic) bond motifs is 1. The van der Waals surface area contributed by atoms with E-state index in [-0.39, 0.29) is 5.75 Å². The van der Waals surface area contributed by atoms with Crippen molar-refractivity contribution in [3.63, 3.8) is 0 Å². The summed E-state index contributed by atoms with van der Waals surface area (Å²) < 4.78 is 5.77. The highest BCUT2D eigenvalue weighted by atomic mass is 16.5. The molecule has 0 saturated carbocycles. The third-order valence-electron chi connectivity index (χ3n) is 2.74. The molecule has 0 fully saturated rings. The van der Waals surface area contributed by atoms with Crippen molar-refractivity contribution in [1.29, 1.82) is 0 Å². The smallest absolute Gasteiger partial charge is 0.134 e. The molecule has 3 heteroatoms. The van der Waals surface area contributed by atoms with Crippen molar-refractivity contribution in [1.82, 2.24) is 4.98 Å². The molecule has 0 amide bonds. The first-order chi connectivity index (χ1) is 8.33. The van der Waals surface area contributed by atoms with Gasteiger partial charge in [-0.3, -0.25) is 4.98 Å². The Labute approximate surface area is 99.0 Å². The van der Waals surface area contributed by atoms with Gasteiger partial charge in [0.1, 0.15) is 17.3 Å². The van der Waals surface area contributed by atoms with Crippen molar-refractivity contribution < 1.29 is 9.84 Å². The first kappa shape index (κ1) is 9.90. The number of nitrogens with zero attached hydrogens (tertiary/aromatic N) is 1. The Morgan fingerprint density at radius 1 is 1.12 bits per heavy atom. The fraction of sp³-hybridized carbons (Fsp3) is 0.0714. The molecule has 84 valence electrons. The maximum atomic E-state index is 9.44. The third-order valence-corrected chi connectivity index (χ3v) is 2.74. The number of pyridine rings is 1. The first-order valence-corrected chi connectivity index (χ1v) is 5.43. The summed E-state index contributed by atoms with van der Waals surface area (Å²) in [6, 6.07) is 9.00. The Morgan fingerprint density at radius 3 is 2.76 bits per heavy atom. The summed E-state index contributed by atoms with van der Waals surface area (Å²) in [4.78, 5) is 3.98. The van der Waals surface area contributed by atoms with Crippen LogP contribution >= 0.6 is 0 Å². The van der Waals surface area contributed by atoms with Gasteiger partial charge in [0.2, 0.25) is 0 Å². The zero-order chi connectivity index (χ0) is 11.7. The molecule has 3 rings (SSSR count). The highest BCUT2D eigenvalue weighted by Gasteiger charge is 2.14. The predicted octanol–water partition coefficient (Wildman–Crippen LogP) is 2.76. The zero-order valence-electron chi connectivity index (χ0n) is 9.13. The summed E-state index contributed by atoms with van der Waals surface area (Å²) in [5.74, 6) is 1.75. The van der Waals surface area contributed by atoms with Crippen molar-refractivity contribution >= 4 is 5.76 Å². The van der Waals surface area contributed by atoms with Crippen LogP contribution in [0.2, 0.25) is 0 Å². The Morgan fingerprint density at radius 2 is 1.94 bits per heavy atom. The lowest BCUT2D eigenvalue weighted by molar-refractivity contribution is 0.459. The maximum Gasteiger partial charge on any atom is 0.134 e. The second-order valence-electron chi connectivity index (χ2n) is 3.90. The van der Waals surface area contributed by atoms with Crippen LogP contribution in [0.4, 0.5) is 0 Å². The van der Waals surface area contributed by atoms with E-state index >= 15 is 0 Å². The van der Waals surface area contributed by atoms with Crippen molar-refractivity contribution in [2.24, 2.45) is 0 Å². The second-order valence-corrected chi connectivity index (χ2v) is 3.90. The van der Waals surface area contributed by atoms with Crippen molar-refractivity contribution in [3.05, 3.63) is 59.9 Å². The highest BCUT2D eigenvalue weighted by molar-refractivity contribution is 5.65. The lowest BCUT2D eigenvalue weighted by Crippen LogP contribution is -2.03. The number of allylic oxidation sites excluding steroid dienone is 1. The van der Waals surface area contributed by atoms with Crippen molar-refractivity contribution in [3.8, 4) is 11.5 Å². The van der Waals surface area contributed by atoms with E-state index < -0.39 is 0 Å². The number of ether oxygens (including phenoxy) is 1. The monoisotopic (exact) mass is 225 g/mol. The van der Waals surface area contributed by atoms with Gasteiger partial charge in [0.25, 0.3) is 0 Å². The molecule has 0 aliphatic carbocycles. The van der Waals surface area contributed by atoms with Crippen molar-refractivity contribution in [2.75, 3.05) is 0 Å². The number of phenols is 1. The minimum Gasteiger partial charge on any atom is -0.508 e. The van der Waals surface area contributed by atoms with Gasteiger partial charge in [-0.15, -0.1) is 0 Å². The Bertz CT molecular complexity index is 576. The van der Waals surface area contributed by atoms with E-state index in [1.807, 2.05) is 24.3 Å². The maximum absolute atomic E-state index is 9.44. The van der Waals surface area contributed by atoms with Gasteiger partial charge in [-0.05, 0) is 36.3 Å². The highest BCUT2D eigenvalue weighted by Crippen LogP contribution is 2.32. The lowest BCUT2D eigenvalue weighted by atomic mass is 10.1. The molecule has 1 aromatic carbocycles. The van der Waals surface area contributed by atoms with Gasteiger partial charge in [-0.1, -0.05) is 6.07 Å². The molecule has 0 unspecified atom stereocenters. The van der Waals surface area contributed by atoms with Gasteiger partial charge in [-0.2, -0.15) is 0 Å². The SMILES string of the molecule is Oc1ccc2c(c1)OC(c1ccncc1)=CC2. The van der Waals surface area contributed by atoms with Gasteiger partial charge in [0.15, 0.2) is 0 Å². The van der Waals surface area contributed by atoms with Gasteiger partial charge < -0.3 is 9.84 Å². The van der Waals surface area contributed by atoms with E-state index in [0.29, 0.717) is 0 Å². The fourth-order valence-corrected chi connectivity index (χ4v) is 1.86. The molecular weight excluding hydrogens is 214 g/mol. The van der Waals surface area contributed by atoms with Crippen LogP contribution in [0.15, 0.2) is 48.8 Å². The van der Waals surface area contributed by atoms with Gasteiger partial charge in [0.05, 0.1) is 0 Å². The molecule has 1 aliphatic heterocycles. The molecule has 0 bridgehead atoms. The van der Waals surface area contributed by atoms with Crippen LogP contribution in [-0.2, 0) is 6.42 Å².